The summed E-state index contributed by atoms with van der Waals surface area (Å²) in [7, 11) is 5.46. The first kappa shape index (κ1) is 31.2. The fourth-order valence-electron chi connectivity index (χ4n) is 4.76. The van der Waals surface area contributed by atoms with Crippen molar-refractivity contribution >= 4 is 28.4 Å². The quantitative estimate of drug-likeness (QED) is 0.342. The number of carbonyl (C=O) groups is 1. The number of aliphatic carboxylic acids is 1. The van der Waals surface area contributed by atoms with Crippen molar-refractivity contribution in [1.82, 2.24) is 19.8 Å². The summed E-state index contributed by atoms with van der Waals surface area (Å²) in [6, 6.07) is 12.5. The van der Waals surface area contributed by atoms with Gasteiger partial charge in [-0.2, -0.15) is 0 Å². The number of aromatic nitrogens is 2. The Morgan fingerprint density at radius 2 is 1.62 bits per heavy atom. The minimum absolute atomic E-state index is 0.652. The molecule has 2 aliphatic rings. The largest absolute Gasteiger partial charge is 0.493 e. The van der Waals surface area contributed by atoms with E-state index in [1.165, 1.54) is 12.6 Å². The lowest BCUT2D eigenvalue weighted by atomic mass is 10.1. The predicted octanol–water partition coefficient (Wildman–Crippen LogP) is 2.26. The van der Waals surface area contributed by atoms with Crippen LogP contribution in [0.4, 0.5) is 11.5 Å². The van der Waals surface area contributed by atoms with Gasteiger partial charge >= 0.3 is 5.97 Å². The highest BCUT2D eigenvalue weighted by molar-refractivity contribution is 5.93. The van der Waals surface area contributed by atoms with Gasteiger partial charge in [-0.25, -0.2) is 14.8 Å². The summed E-state index contributed by atoms with van der Waals surface area (Å²) >= 11 is 0. The number of ether oxygens (including phenoxy) is 3. The normalized spacial score (nSPS) is 16.8. The first-order valence-electron chi connectivity index (χ1n) is 14.2. The zero-order valence-corrected chi connectivity index (χ0v) is 24.9. The van der Waals surface area contributed by atoms with E-state index in [1.807, 2.05) is 12.1 Å². The topological polar surface area (TPSA) is 133 Å². The van der Waals surface area contributed by atoms with Gasteiger partial charge in [0.15, 0.2) is 17.3 Å². The number of benzene rings is 2. The number of methoxy groups -OCH3 is 2. The van der Waals surface area contributed by atoms with Crippen molar-refractivity contribution in [3.63, 3.8) is 0 Å². The van der Waals surface area contributed by atoms with Crippen LogP contribution in [0.2, 0.25) is 0 Å². The average Bonchev–Trinajstić information content (AvgIpc) is 3.01. The molecule has 0 amide bonds. The number of nitrogens with zero attached hydrogens (tertiary/aromatic N) is 5. The number of nitrogens with one attached hydrogen (secondary N) is 1. The molecule has 5 rings (SSSR count). The number of rotatable bonds is 9. The van der Waals surface area contributed by atoms with Crippen LogP contribution in [-0.2, 0) is 9.53 Å². The Morgan fingerprint density at radius 3 is 2.21 bits per heavy atom. The monoisotopic (exact) mass is 582 g/mol. The molecule has 1 atom stereocenters. The Bertz CT molecular complexity index is 1310. The molecule has 2 saturated heterocycles. The van der Waals surface area contributed by atoms with E-state index in [4.69, 9.17) is 34.4 Å². The van der Waals surface area contributed by atoms with Crippen LogP contribution >= 0.6 is 0 Å². The van der Waals surface area contributed by atoms with Gasteiger partial charge in [0.1, 0.15) is 11.9 Å². The highest BCUT2D eigenvalue weighted by atomic mass is 16.5. The molecule has 0 bridgehead atoms. The number of carboxylic acid groups (broad SMARTS) is 1. The van der Waals surface area contributed by atoms with Gasteiger partial charge in [-0.1, -0.05) is 0 Å². The van der Waals surface area contributed by atoms with Crippen molar-refractivity contribution in [1.29, 1.82) is 0 Å². The molecule has 2 fully saturated rings. The molecular weight excluding hydrogens is 540 g/mol. The van der Waals surface area contributed by atoms with Gasteiger partial charge < -0.3 is 39.5 Å². The van der Waals surface area contributed by atoms with Crippen molar-refractivity contribution in [2.24, 2.45) is 0 Å². The van der Waals surface area contributed by atoms with Crippen molar-refractivity contribution in [2.75, 3.05) is 97.1 Å². The third kappa shape index (κ3) is 8.19. The number of aliphatic hydroxyl groups is 1. The van der Waals surface area contributed by atoms with Crippen LogP contribution in [0.5, 0.6) is 11.5 Å². The Labute approximate surface area is 246 Å². The number of likely N-dealkylation sites (N-methyl/N-ethyl adjacent to an activating group) is 1. The Kier molecular flexibility index (Phi) is 11.1. The zero-order chi connectivity index (χ0) is 30.1. The SMILES string of the molecule is CC(O)C(=O)O.COc1cc2nc(-c3ccc(N4CCN(C)CC4)cc3)nc(NCCN3CCOCC3)c2cc1OC. The number of hydrogen-bond acceptors (Lipinski definition) is 11. The van der Waals surface area contributed by atoms with Gasteiger partial charge in [0.2, 0.25) is 0 Å². The fraction of sp³-hybridized carbons (Fsp3) is 0.500. The summed E-state index contributed by atoms with van der Waals surface area (Å²) in [5.74, 6) is 1.62. The summed E-state index contributed by atoms with van der Waals surface area (Å²) in [5.41, 5.74) is 3.04. The lowest BCUT2D eigenvalue weighted by molar-refractivity contribution is -0.145. The van der Waals surface area contributed by atoms with Crippen molar-refractivity contribution in [3.05, 3.63) is 36.4 Å². The minimum atomic E-state index is -1.23. The van der Waals surface area contributed by atoms with Gasteiger partial charge in [0.05, 0.1) is 33.0 Å². The standard InChI is InChI=1S/C27H36N6O3.C3H6O3/c1-31-10-12-33(13-11-31)21-6-4-20(5-7-21)26-29-23-19-25(35-3)24(34-2)18-22(23)27(30-26)28-8-9-32-14-16-36-17-15-32;1-2(4)3(5)6/h4-7,18-19H,8-17H2,1-3H3,(H,28,29,30);2,4H,1H3,(H,5,6). The third-order valence-corrected chi connectivity index (χ3v) is 7.38. The number of fused-ring (bicyclic) bond motifs is 1. The molecule has 12 nitrogen and oxygen atoms in total. The van der Waals surface area contributed by atoms with Gasteiger partial charge in [-0.15, -0.1) is 0 Å². The maximum atomic E-state index is 9.45. The molecule has 42 heavy (non-hydrogen) atoms. The molecule has 0 radical (unpaired) electrons. The maximum absolute atomic E-state index is 9.45. The smallest absolute Gasteiger partial charge is 0.332 e. The van der Waals surface area contributed by atoms with Crippen molar-refractivity contribution in [2.45, 2.75) is 13.0 Å². The Hall–Kier alpha value is -3.71. The van der Waals surface area contributed by atoms with E-state index in [0.29, 0.717) is 17.3 Å². The molecule has 12 heteroatoms. The minimum Gasteiger partial charge on any atom is -0.493 e. The highest BCUT2D eigenvalue weighted by Crippen LogP contribution is 2.35. The molecule has 1 unspecified atom stereocenters. The lowest BCUT2D eigenvalue weighted by Gasteiger charge is -2.34. The number of aliphatic hydroxyl groups excluding tert-OH is 1. The van der Waals surface area contributed by atoms with E-state index < -0.39 is 12.1 Å². The van der Waals surface area contributed by atoms with Gasteiger partial charge in [-0.05, 0) is 44.3 Å². The van der Waals surface area contributed by atoms with E-state index in [2.05, 4.69) is 51.3 Å². The van der Waals surface area contributed by atoms with Crippen LogP contribution in [0, 0.1) is 0 Å². The van der Waals surface area contributed by atoms with Crippen LogP contribution in [0.1, 0.15) is 6.92 Å². The zero-order valence-electron chi connectivity index (χ0n) is 24.9. The third-order valence-electron chi connectivity index (χ3n) is 7.38. The molecule has 3 heterocycles. The molecule has 3 N–H and O–H groups in total. The summed E-state index contributed by atoms with van der Waals surface area (Å²) in [6.45, 7) is 10.7. The average molecular weight is 583 g/mol. The van der Waals surface area contributed by atoms with E-state index in [0.717, 1.165) is 87.9 Å². The van der Waals surface area contributed by atoms with E-state index in [1.54, 1.807) is 14.2 Å². The predicted molar refractivity (Wildman–Crippen MR) is 163 cm³/mol. The Morgan fingerprint density at radius 1 is 1.00 bits per heavy atom. The van der Waals surface area contributed by atoms with E-state index in [-0.39, 0.29) is 0 Å². The molecular formula is C30H42N6O6. The van der Waals surface area contributed by atoms with Gasteiger partial charge in [0, 0.05) is 75.1 Å². The highest BCUT2D eigenvalue weighted by Gasteiger charge is 2.17. The molecule has 0 saturated carbocycles. The molecule has 2 aliphatic heterocycles. The molecule has 0 spiro atoms. The van der Waals surface area contributed by atoms with E-state index in [9.17, 15) is 4.79 Å². The molecule has 0 aliphatic carbocycles. The second-order valence-electron chi connectivity index (χ2n) is 10.4. The molecule has 1 aromatic heterocycles. The van der Waals surface area contributed by atoms with E-state index >= 15 is 0 Å². The van der Waals surface area contributed by atoms with Crippen LogP contribution in [-0.4, -0.2) is 129 Å². The lowest BCUT2D eigenvalue weighted by Crippen LogP contribution is -2.44. The van der Waals surface area contributed by atoms with Crippen LogP contribution in [0.25, 0.3) is 22.3 Å². The summed E-state index contributed by atoms with van der Waals surface area (Å²) in [5, 5.41) is 20.2. The summed E-state index contributed by atoms with van der Waals surface area (Å²) in [4.78, 5) is 26.5. The van der Waals surface area contributed by atoms with Gasteiger partial charge in [0.25, 0.3) is 0 Å². The Balaban J connectivity index is 0.000000612. The molecule has 3 aromatic rings. The van der Waals surface area contributed by atoms with Crippen LogP contribution < -0.4 is 19.7 Å². The fourth-order valence-corrected chi connectivity index (χ4v) is 4.76. The van der Waals surface area contributed by atoms with Crippen molar-refractivity contribution < 1.29 is 29.2 Å². The van der Waals surface area contributed by atoms with Crippen LogP contribution in [0.15, 0.2) is 36.4 Å². The summed E-state index contributed by atoms with van der Waals surface area (Å²) in [6.07, 6.45) is -1.23. The first-order valence-corrected chi connectivity index (χ1v) is 14.2. The van der Waals surface area contributed by atoms with Crippen molar-refractivity contribution in [3.8, 4) is 22.9 Å². The van der Waals surface area contributed by atoms with Crippen LogP contribution in [0.3, 0.4) is 0 Å². The molecule has 228 valence electrons. The summed E-state index contributed by atoms with van der Waals surface area (Å²) < 4.78 is 16.6. The molecule has 2 aromatic carbocycles. The number of carboxylic acids is 1. The number of morpholine rings is 1. The second-order valence-corrected chi connectivity index (χ2v) is 10.4. The second kappa shape index (κ2) is 15.0. The number of anilines is 2. The maximum Gasteiger partial charge on any atom is 0.332 e. The number of hydrogen-bond donors (Lipinski definition) is 3. The first-order chi connectivity index (χ1) is 20.3. The van der Waals surface area contributed by atoms with Gasteiger partial charge in [-0.3, -0.25) is 4.90 Å². The number of piperazine rings is 1.